The predicted molar refractivity (Wildman–Crippen MR) is 89.7 cm³/mol. The molecule has 1 aliphatic carbocycles. The first-order valence-electron chi connectivity index (χ1n) is 8.28. The highest BCUT2D eigenvalue weighted by atomic mass is 15.3. The molecule has 1 saturated carbocycles. The van der Waals surface area contributed by atoms with Crippen LogP contribution < -0.4 is 10.2 Å². The third kappa shape index (κ3) is 2.43. The second-order valence-electron chi connectivity index (χ2n) is 6.42. The molecule has 1 aromatic carbocycles. The highest BCUT2D eigenvalue weighted by Crippen LogP contribution is 2.36. The molecule has 4 heteroatoms. The molecule has 22 heavy (non-hydrogen) atoms. The van der Waals surface area contributed by atoms with Crippen molar-refractivity contribution < 1.29 is 0 Å². The number of anilines is 3. The molecule has 114 valence electrons. The van der Waals surface area contributed by atoms with Gasteiger partial charge in [0, 0.05) is 24.0 Å². The lowest BCUT2D eigenvalue weighted by molar-refractivity contribution is 0.731. The maximum Gasteiger partial charge on any atom is 0.232 e. The van der Waals surface area contributed by atoms with Gasteiger partial charge in [-0.15, -0.1) is 0 Å². The average Bonchev–Trinajstić information content (AvgIpc) is 3.14. The van der Waals surface area contributed by atoms with E-state index in [4.69, 9.17) is 4.98 Å². The lowest BCUT2D eigenvalue weighted by Crippen LogP contribution is -2.26. The fraction of sp³-hybridized carbons (Fsp3) is 0.444. The molecule has 0 amide bonds. The number of nitrogens with one attached hydrogen (secondary N) is 1. The standard InChI is InChI=1S/C18H22N4/c1-13-12-14-6-2-5-9-16(14)22(13)18-19-11-10-17(21-18)20-15-7-3-4-8-15/h2,5-6,9-11,13,15H,3-4,7-8,12H2,1H3,(H,19,20,21). The van der Waals surface area contributed by atoms with E-state index in [9.17, 15) is 0 Å². The summed E-state index contributed by atoms with van der Waals surface area (Å²) in [5.74, 6) is 1.76. The van der Waals surface area contributed by atoms with E-state index in [0.29, 0.717) is 12.1 Å². The molecular formula is C18H22N4. The average molecular weight is 294 g/mol. The highest BCUT2D eigenvalue weighted by molar-refractivity contribution is 5.67. The molecule has 1 aliphatic heterocycles. The highest BCUT2D eigenvalue weighted by Gasteiger charge is 2.28. The van der Waals surface area contributed by atoms with Gasteiger partial charge in [-0.25, -0.2) is 4.98 Å². The van der Waals surface area contributed by atoms with Crippen LogP contribution in [-0.4, -0.2) is 22.1 Å². The Morgan fingerprint density at radius 2 is 1.95 bits per heavy atom. The van der Waals surface area contributed by atoms with Crippen molar-refractivity contribution in [1.82, 2.24) is 9.97 Å². The zero-order valence-electron chi connectivity index (χ0n) is 13.0. The Labute approximate surface area is 131 Å². The normalized spacial score (nSPS) is 21.1. The topological polar surface area (TPSA) is 41.1 Å². The van der Waals surface area contributed by atoms with Crippen LogP contribution in [0.1, 0.15) is 38.2 Å². The first-order valence-corrected chi connectivity index (χ1v) is 8.28. The SMILES string of the molecule is CC1Cc2ccccc2N1c1nccc(NC2CCCC2)n1. The van der Waals surface area contributed by atoms with Crippen molar-refractivity contribution >= 4 is 17.5 Å². The zero-order valence-corrected chi connectivity index (χ0v) is 13.0. The number of aromatic nitrogens is 2. The molecule has 1 aromatic heterocycles. The molecule has 2 aliphatic rings. The Balaban J connectivity index is 1.62. The number of hydrogen-bond acceptors (Lipinski definition) is 4. The number of para-hydroxylation sites is 1. The summed E-state index contributed by atoms with van der Waals surface area (Å²) >= 11 is 0. The van der Waals surface area contributed by atoms with Crippen LogP contribution in [0.15, 0.2) is 36.5 Å². The molecule has 0 bridgehead atoms. The molecule has 2 aromatic rings. The van der Waals surface area contributed by atoms with Crippen LogP contribution in [0.4, 0.5) is 17.5 Å². The van der Waals surface area contributed by atoms with Crippen LogP contribution in [0.3, 0.4) is 0 Å². The molecule has 1 atom stereocenters. The molecule has 2 heterocycles. The van der Waals surface area contributed by atoms with Crippen molar-refractivity contribution in [3.63, 3.8) is 0 Å². The van der Waals surface area contributed by atoms with E-state index in [0.717, 1.165) is 18.2 Å². The molecule has 4 nitrogen and oxygen atoms in total. The zero-order chi connectivity index (χ0) is 14.9. The Bertz CT molecular complexity index is 664. The Morgan fingerprint density at radius 1 is 1.14 bits per heavy atom. The minimum atomic E-state index is 0.402. The van der Waals surface area contributed by atoms with Crippen LogP contribution in [0.25, 0.3) is 0 Å². The summed E-state index contributed by atoms with van der Waals surface area (Å²) in [6.07, 6.45) is 8.08. The minimum absolute atomic E-state index is 0.402. The summed E-state index contributed by atoms with van der Waals surface area (Å²) in [5, 5.41) is 3.57. The second kappa shape index (κ2) is 5.59. The van der Waals surface area contributed by atoms with E-state index in [1.165, 1.54) is 36.9 Å². The van der Waals surface area contributed by atoms with Gasteiger partial charge in [-0.1, -0.05) is 31.0 Å². The maximum atomic E-state index is 4.77. The molecule has 1 fully saturated rings. The first-order chi connectivity index (χ1) is 10.8. The predicted octanol–water partition coefficient (Wildman–Crippen LogP) is 3.91. The van der Waals surface area contributed by atoms with Crippen LogP contribution in [0, 0.1) is 0 Å². The molecule has 0 radical (unpaired) electrons. The van der Waals surface area contributed by atoms with Gasteiger partial charge < -0.3 is 10.2 Å². The molecule has 1 unspecified atom stereocenters. The fourth-order valence-corrected chi connectivity index (χ4v) is 3.69. The third-order valence-electron chi connectivity index (χ3n) is 4.77. The van der Waals surface area contributed by atoms with Gasteiger partial charge in [0.25, 0.3) is 0 Å². The van der Waals surface area contributed by atoms with Gasteiger partial charge in [-0.3, -0.25) is 0 Å². The van der Waals surface area contributed by atoms with Crippen molar-refractivity contribution in [3.8, 4) is 0 Å². The molecule has 4 rings (SSSR count). The summed E-state index contributed by atoms with van der Waals surface area (Å²) in [4.78, 5) is 11.6. The van der Waals surface area contributed by atoms with Crippen LogP contribution in [0.5, 0.6) is 0 Å². The van der Waals surface area contributed by atoms with Gasteiger partial charge in [0.2, 0.25) is 5.95 Å². The third-order valence-corrected chi connectivity index (χ3v) is 4.77. The van der Waals surface area contributed by atoms with E-state index < -0.39 is 0 Å². The smallest absolute Gasteiger partial charge is 0.232 e. The van der Waals surface area contributed by atoms with Crippen molar-refractivity contribution in [2.24, 2.45) is 0 Å². The van der Waals surface area contributed by atoms with Gasteiger partial charge in [-0.2, -0.15) is 4.98 Å². The van der Waals surface area contributed by atoms with Crippen LogP contribution in [-0.2, 0) is 6.42 Å². The maximum absolute atomic E-state index is 4.77. The lowest BCUT2D eigenvalue weighted by atomic mass is 10.1. The van der Waals surface area contributed by atoms with Crippen molar-refractivity contribution in [2.75, 3.05) is 10.2 Å². The largest absolute Gasteiger partial charge is 0.367 e. The quantitative estimate of drug-likeness (QED) is 0.931. The van der Waals surface area contributed by atoms with Gasteiger partial charge in [0.1, 0.15) is 5.82 Å². The second-order valence-corrected chi connectivity index (χ2v) is 6.42. The molecule has 0 spiro atoms. The number of fused-ring (bicyclic) bond motifs is 1. The fourth-order valence-electron chi connectivity index (χ4n) is 3.69. The van der Waals surface area contributed by atoms with E-state index in [1.54, 1.807) is 0 Å². The van der Waals surface area contributed by atoms with Gasteiger partial charge in [0.15, 0.2) is 0 Å². The van der Waals surface area contributed by atoms with Crippen molar-refractivity contribution in [1.29, 1.82) is 0 Å². The number of benzene rings is 1. The van der Waals surface area contributed by atoms with Crippen LogP contribution >= 0.6 is 0 Å². The molecule has 1 N–H and O–H groups in total. The van der Waals surface area contributed by atoms with E-state index in [-0.39, 0.29) is 0 Å². The monoisotopic (exact) mass is 294 g/mol. The number of hydrogen-bond donors (Lipinski definition) is 1. The van der Waals surface area contributed by atoms with Crippen LogP contribution in [0.2, 0.25) is 0 Å². The lowest BCUT2D eigenvalue weighted by Gasteiger charge is -2.23. The summed E-state index contributed by atoms with van der Waals surface area (Å²) < 4.78 is 0. The van der Waals surface area contributed by atoms with Gasteiger partial charge in [-0.05, 0) is 43.9 Å². The molecular weight excluding hydrogens is 272 g/mol. The minimum Gasteiger partial charge on any atom is -0.367 e. The Hall–Kier alpha value is -2.10. The number of rotatable bonds is 3. The summed E-state index contributed by atoms with van der Waals surface area (Å²) in [6, 6.07) is 11.5. The van der Waals surface area contributed by atoms with Gasteiger partial charge in [0.05, 0.1) is 0 Å². The Kier molecular flexibility index (Phi) is 3.45. The number of nitrogens with zero attached hydrogens (tertiary/aromatic N) is 3. The van der Waals surface area contributed by atoms with E-state index in [1.807, 2.05) is 12.3 Å². The molecule has 0 saturated heterocycles. The van der Waals surface area contributed by atoms with Crippen molar-refractivity contribution in [3.05, 3.63) is 42.1 Å². The Morgan fingerprint density at radius 3 is 2.82 bits per heavy atom. The first kappa shape index (κ1) is 13.6. The summed E-state index contributed by atoms with van der Waals surface area (Å²) in [7, 11) is 0. The van der Waals surface area contributed by atoms with E-state index in [2.05, 4.69) is 46.4 Å². The van der Waals surface area contributed by atoms with Gasteiger partial charge >= 0.3 is 0 Å². The summed E-state index contributed by atoms with van der Waals surface area (Å²) in [5.41, 5.74) is 2.63. The summed E-state index contributed by atoms with van der Waals surface area (Å²) in [6.45, 7) is 2.24. The van der Waals surface area contributed by atoms with Crippen molar-refractivity contribution in [2.45, 2.75) is 51.1 Å². The van der Waals surface area contributed by atoms with E-state index >= 15 is 0 Å².